The molecule has 1 fully saturated rings. The molecule has 2 amide bonds. The molecule has 1 aliphatic rings. The van der Waals surface area contributed by atoms with Crippen molar-refractivity contribution in [3.05, 3.63) is 95.1 Å². The first kappa shape index (κ1) is 22.0. The zero-order valence-corrected chi connectivity index (χ0v) is 17.8. The van der Waals surface area contributed by atoms with Crippen molar-refractivity contribution in [1.29, 1.82) is 0 Å². The van der Waals surface area contributed by atoms with Crippen LogP contribution in [-0.2, 0) is 11.0 Å². The molecular weight excluding hydrogens is 437 g/mol. The van der Waals surface area contributed by atoms with Gasteiger partial charge in [0.2, 0.25) is 5.91 Å². The lowest BCUT2D eigenvalue weighted by atomic mass is 10.1. The van der Waals surface area contributed by atoms with Crippen LogP contribution in [0, 0.1) is 6.92 Å². The molecule has 3 aromatic rings. The van der Waals surface area contributed by atoms with Crippen LogP contribution in [0.3, 0.4) is 0 Å². The minimum atomic E-state index is -4.53. The maximum absolute atomic E-state index is 12.9. The van der Waals surface area contributed by atoms with Crippen molar-refractivity contribution in [2.45, 2.75) is 18.5 Å². The summed E-state index contributed by atoms with van der Waals surface area (Å²) < 4.78 is 38.8. The van der Waals surface area contributed by atoms with Gasteiger partial charge >= 0.3 is 6.18 Å². The lowest BCUT2D eigenvalue weighted by Crippen LogP contribution is -2.27. The molecular formula is C24H19F3N2O2S. The number of carbonyl (C=O) groups is 2. The van der Waals surface area contributed by atoms with Gasteiger partial charge in [-0.3, -0.25) is 14.5 Å². The maximum Gasteiger partial charge on any atom is 0.416 e. The number of thioether (sulfide) groups is 1. The van der Waals surface area contributed by atoms with Gasteiger partial charge in [-0.2, -0.15) is 13.2 Å². The molecule has 1 unspecified atom stereocenters. The summed E-state index contributed by atoms with van der Waals surface area (Å²) in [4.78, 5) is 26.8. The molecule has 0 aromatic heterocycles. The Morgan fingerprint density at radius 1 is 1.03 bits per heavy atom. The predicted octanol–water partition coefficient (Wildman–Crippen LogP) is 6.04. The van der Waals surface area contributed by atoms with Crippen LogP contribution < -0.4 is 10.2 Å². The second-order valence-corrected chi connectivity index (χ2v) is 8.49. The fourth-order valence-corrected chi connectivity index (χ4v) is 4.63. The molecule has 0 bridgehead atoms. The van der Waals surface area contributed by atoms with Crippen molar-refractivity contribution >= 4 is 35.0 Å². The highest BCUT2D eigenvalue weighted by Crippen LogP contribution is 2.42. The third kappa shape index (κ3) is 4.65. The lowest BCUT2D eigenvalue weighted by Gasteiger charge is -2.25. The minimum absolute atomic E-state index is 0.0118. The molecule has 1 heterocycles. The average Bonchev–Trinajstić information content (AvgIpc) is 3.15. The van der Waals surface area contributed by atoms with E-state index in [4.69, 9.17) is 0 Å². The first-order valence-electron chi connectivity index (χ1n) is 9.81. The van der Waals surface area contributed by atoms with Crippen LogP contribution in [0.2, 0.25) is 0 Å². The monoisotopic (exact) mass is 456 g/mol. The Morgan fingerprint density at radius 2 is 1.75 bits per heavy atom. The molecule has 1 aliphatic heterocycles. The summed E-state index contributed by atoms with van der Waals surface area (Å²) in [5.74, 6) is -0.319. The molecule has 32 heavy (non-hydrogen) atoms. The summed E-state index contributed by atoms with van der Waals surface area (Å²) in [6, 6.07) is 18.9. The van der Waals surface area contributed by atoms with Gasteiger partial charge in [-0.1, -0.05) is 35.9 Å². The molecule has 164 valence electrons. The summed E-state index contributed by atoms with van der Waals surface area (Å²) in [5.41, 5.74) is 2.15. The van der Waals surface area contributed by atoms with Crippen LogP contribution in [0.25, 0.3) is 0 Å². The zero-order valence-electron chi connectivity index (χ0n) is 17.0. The second kappa shape index (κ2) is 8.70. The Balaban J connectivity index is 1.56. The van der Waals surface area contributed by atoms with Crippen molar-refractivity contribution < 1.29 is 22.8 Å². The van der Waals surface area contributed by atoms with Crippen molar-refractivity contribution in [3.8, 4) is 0 Å². The van der Waals surface area contributed by atoms with Crippen molar-refractivity contribution in [1.82, 2.24) is 0 Å². The number of nitrogens with one attached hydrogen (secondary N) is 1. The first-order valence-corrected chi connectivity index (χ1v) is 10.9. The number of carbonyl (C=O) groups excluding carboxylic acids is 2. The van der Waals surface area contributed by atoms with E-state index >= 15 is 0 Å². The van der Waals surface area contributed by atoms with Gasteiger partial charge in [-0.25, -0.2) is 0 Å². The van der Waals surface area contributed by atoms with Gasteiger partial charge in [0, 0.05) is 16.9 Å². The molecule has 0 spiro atoms. The Kier molecular flexibility index (Phi) is 5.97. The number of nitrogens with zero attached hydrogens (tertiary/aromatic N) is 1. The van der Waals surface area contributed by atoms with Crippen molar-refractivity contribution in [2.24, 2.45) is 0 Å². The third-order valence-electron chi connectivity index (χ3n) is 5.06. The topological polar surface area (TPSA) is 49.4 Å². The van der Waals surface area contributed by atoms with E-state index in [2.05, 4.69) is 5.32 Å². The van der Waals surface area contributed by atoms with Gasteiger partial charge in [0.15, 0.2) is 0 Å². The molecule has 8 heteroatoms. The van der Waals surface area contributed by atoms with E-state index in [9.17, 15) is 22.8 Å². The zero-order chi connectivity index (χ0) is 22.9. The highest BCUT2D eigenvalue weighted by atomic mass is 32.2. The molecule has 4 nitrogen and oxygen atoms in total. The van der Waals surface area contributed by atoms with Crippen molar-refractivity contribution in [3.63, 3.8) is 0 Å². The normalized spacial score (nSPS) is 16.3. The molecule has 1 N–H and O–H groups in total. The van der Waals surface area contributed by atoms with E-state index in [0.29, 0.717) is 11.4 Å². The van der Waals surface area contributed by atoms with E-state index in [1.807, 2.05) is 37.3 Å². The van der Waals surface area contributed by atoms with Crippen LogP contribution in [0.15, 0.2) is 72.8 Å². The number of alkyl halides is 3. The lowest BCUT2D eigenvalue weighted by molar-refractivity contribution is -0.137. The summed E-state index contributed by atoms with van der Waals surface area (Å²) >= 11 is 1.48. The predicted molar refractivity (Wildman–Crippen MR) is 120 cm³/mol. The summed E-state index contributed by atoms with van der Waals surface area (Å²) in [6.45, 7) is 1.97. The van der Waals surface area contributed by atoms with E-state index in [1.54, 1.807) is 23.1 Å². The molecule has 0 radical (unpaired) electrons. The fourth-order valence-electron chi connectivity index (χ4n) is 3.47. The van der Waals surface area contributed by atoms with Gasteiger partial charge in [0.1, 0.15) is 5.37 Å². The van der Waals surface area contributed by atoms with E-state index in [-0.39, 0.29) is 16.8 Å². The van der Waals surface area contributed by atoms with Gasteiger partial charge in [-0.15, -0.1) is 11.8 Å². The smallest absolute Gasteiger partial charge is 0.322 e. The average molecular weight is 456 g/mol. The van der Waals surface area contributed by atoms with Gasteiger partial charge < -0.3 is 5.32 Å². The van der Waals surface area contributed by atoms with Crippen LogP contribution in [0.4, 0.5) is 24.5 Å². The Morgan fingerprint density at radius 3 is 2.47 bits per heavy atom. The fraction of sp³-hybridized carbons (Fsp3) is 0.167. The quantitative estimate of drug-likeness (QED) is 0.520. The SMILES string of the molecule is Cc1ccc(N2C(=O)CSC2c2cccc(NC(=O)c3cccc(C(F)(F)F)c3)c2)cc1. The maximum atomic E-state index is 12.9. The number of hydrogen-bond acceptors (Lipinski definition) is 3. The number of rotatable bonds is 4. The Labute approximate surface area is 187 Å². The highest BCUT2D eigenvalue weighted by Gasteiger charge is 2.34. The van der Waals surface area contributed by atoms with Crippen molar-refractivity contribution in [2.75, 3.05) is 16.0 Å². The molecule has 1 saturated heterocycles. The van der Waals surface area contributed by atoms with Crippen LogP contribution in [-0.4, -0.2) is 17.6 Å². The Bertz CT molecular complexity index is 1160. The first-order chi connectivity index (χ1) is 15.2. The number of anilines is 2. The van der Waals surface area contributed by atoms with Crippen LogP contribution >= 0.6 is 11.8 Å². The van der Waals surface area contributed by atoms with Crippen LogP contribution in [0.5, 0.6) is 0 Å². The number of hydrogen-bond donors (Lipinski definition) is 1. The highest BCUT2D eigenvalue weighted by molar-refractivity contribution is 8.00. The number of halogens is 3. The van der Waals surface area contributed by atoms with E-state index in [0.717, 1.165) is 28.9 Å². The van der Waals surface area contributed by atoms with E-state index < -0.39 is 17.6 Å². The third-order valence-corrected chi connectivity index (χ3v) is 6.27. The van der Waals surface area contributed by atoms with Gasteiger partial charge in [-0.05, 0) is 55.0 Å². The summed E-state index contributed by atoms with van der Waals surface area (Å²) in [5, 5.41) is 2.39. The van der Waals surface area contributed by atoms with Gasteiger partial charge in [0.05, 0.1) is 11.3 Å². The second-order valence-electron chi connectivity index (χ2n) is 7.42. The molecule has 0 saturated carbocycles. The largest absolute Gasteiger partial charge is 0.416 e. The molecule has 1 atom stereocenters. The van der Waals surface area contributed by atoms with Crippen LogP contribution in [0.1, 0.15) is 32.4 Å². The number of benzene rings is 3. The number of aryl methyl sites for hydroxylation is 1. The van der Waals surface area contributed by atoms with E-state index in [1.165, 1.54) is 23.9 Å². The molecule has 3 aromatic carbocycles. The minimum Gasteiger partial charge on any atom is -0.322 e. The Hall–Kier alpha value is -3.26. The number of amides is 2. The molecule has 0 aliphatic carbocycles. The molecule has 4 rings (SSSR count). The summed E-state index contributed by atoms with van der Waals surface area (Å²) in [7, 11) is 0. The standard InChI is InChI=1S/C24H19F3N2O2S/c1-15-8-10-20(11-9-15)29-21(30)14-32-23(29)17-5-3-7-19(13-17)28-22(31)16-4-2-6-18(12-16)24(25,26)27/h2-13,23H,14H2,1H3,(H,28,31). The van der Waals surface area contributed by atoms with Gasteiger partial charge in [0.25, 0.3) is 5.91 Å². The summed E-state index contributed by atoms with van der Waals surface area (Å²) in [6.07, 6.45) is -4.53.